The van der Waals surface area contributed by atoms with Gasteiger partial charge in [-0.05, 0) is 41.5 Å². The Balaban J connectivity index is 1.62. The Morgan fingerprint density at radius 3 is 2.57 bits per heavy atom. The number of nitrogens with zero attached hydrogens (tertiary/aromatic N) is 2. The molecule has 0 fully saturated rings. The first-order valence-corrected chi connectivity index (χ1v) is 10.6. The number of hydrogen-bond acceptors (Lipinski definition) is 5. The van der Waals surface area contributed by atoms with E-state index in [0.717, 1.165) is 22.6 Å². The molecule has 3 rings (SSSR count). The molecule has 154 valence electrons. The fourth-order valence-electron chi connectivity index (χ4n) is 2.62. The van der Waals surface area contributed by atoms with Crippen LogP contribution in [0.15, 0.2) is 83.0 Å². The van der Waals surface area contributed by atoms with Crippen LogP contribution in [-0.4, -0.2) is 18.5 Å². The molecule has 0 saturated carbocycles. The van der Waals surface area contributed by atoms with Crippen molar-refractivity contribution in [2.45, 2.75) is 12.4 Å². The molecule has 3 aromatic rings. The fourth-order valence-corrected chi connectivity index (χ4v) is 3.42. The highest BCUT2D eigenvalue weighted by atomic mass is 35.5. The maximum absolute atomic E-state index is 6.15. The van der Waals surface area contributed by atoms with E-state index >= 15 is 0 Å². The van der Waals surface area contributed by atoms with Crippen LogP contribution in [0.1, 0.15) is 16.7 Å². The number of benzene rings is 3. The van der Waals surface area contributed by atoms with Crippen molar-refractivity contribution >= 4 is 34.7 Å². The number of amidine groups is 1. The second-order valence-corrected chi connectivity index (χ2v) is 7.65. The predicted molar refractivity (Wildman–Crippen MR) is 126 cm³/mol. The highest BCUT2D eigenvalue weighted by Gasteiger charge is 2.07. The van der Waals surface area contributed by atoms with E-state index in [-0.39, 0.29) is 0 Å². The van der Waals surface area contributed by atoms with Gasteiger partial charge in [0, 0.05) is 11.3 Å². The normalized spacial score (nSPS) is 11.6. The van der Waals surface area contributed by atoms with Crippen molar-refractivity contribution in [2.24, 2.45) is 15.9 Å². The van der Waals surface area contributed by atoms with Crippen LogP contribution in [0, 0.1) is 0 Å². The topological polar surface area (TPSA) is 69.2 Å². The zero-order chi connectivity index (χ0) is 21.2. The maximum Gasteiger partial charge on any atom is 0.180 e. The van der Waals surface area contributed by atoms with Crippen molar-refractivity contribution in [1.82, 2.24) is 0 Å². The molecule has 0 spiro atoms. The summed E-state index contributed by atoms with van der Waals surface area (Å²) in [4.78, 5) is 0. The van der Waals surface area contributed by atoms with E-state index in [9.17, 15) is 0 Å². The maximum atomic E-state index is 6.15. The largest absolute Gasteiger partial charge is 0.496 e. The zero-order valence-electron chi connectivity index (χ0n) is 16.5. The van der Waals surface area contributed by atoms with Crippen molar-refractivity contribution in [3.63, 3.8) is 0 Å². The van der Waals surface area contributed by atoms with E-state index in [1.165, 1.54) is 17.3 Å². The molecule has 0 amide bonds. The number of thioether (sulfide) groups is 1. The summed E-state index contributed by atoms with van der Waals surface area (Å²) in [6.07, 6.45) is 1.65. The molecule has 30 heavy (non-hydrogen) atoms. The van der Waals surface area contributed by atoms with Crippen molar-refractivity contribution in [3.8, 4) is 11.5 Å². The van der Waals surface area contributed by atoms with Crippen LogP contribution in [0.4, 0.5) is 0 Å². The predicted octanol–water partition coefficient (Wildman–Crippen LogP) is 5.51. The van der Waals surface area contributed by atoms with E-state index in [4.69, 9.17) is 26.8 Å². The first kappa shape index (κ1) is 21.7. The van der Waals surface area contributed by atoms with Crippen molar-refractivity contribution in [1.29, 1.82) is 0 Å². The molecule has 0 unspecified atom stereocenters. The highest BCUT2D eigenvalue weighted by molar-refractivity contribution is 8.13. The van der Waals surface area contributed by atoms with Crippen LogP contribution in [0.25, 0.3) is 0 Å². The van der Waals surface area contributed by atoms with Crippen LogP contribution in [0.3, 0.4) is 0 Å². The third-order valence-corrected chi connectivity index (χ3v) is 5.28. The van der Waals surface area contributed by atoms with E-state index < -0.39 is 0 Å². The lowest BCUT2D eigenvalue weighted by atomic mass is 10.1. The van der Waals surface area contributed by atoms with Crippen LogP contribution in [0.2, 0.25) is 5.02 Å². The second kappa shape index (κ2) is 11.3. The molecule has 0 aromatic heterocycles. The fraction of sp³-hybridized carbons (Fsp3) is 0.130. The number of nitrogens with two attached hydrogens (primary N) is 1. The first-order chi connectivity index (χ1) is 14.7. The van der Waals surface area contributed by atoms with Crippen molar-refractivity contribution < 1.29 is 9.47 Å². The summed E-state index contributed by atoms with van der Waals surface area (Å²) < 4.78 is 11.3. The quantitative estimate of drug-likeness (QED) is 0.285. The van der Waals surface area contributed by atoms with Gasteiger partial charge >= 0.3 is 0 Å². The van der Waals surface area contributed by atoms with E-state index in [0.29, 0.717) is 22.5 Å². The van der Waals surface area contributed by atoms with Gasteiger partial charge in [-0.3, -0.25) is 0 Å². The first-order valence-electron chi connectivity index (χ1n) is 9.23. The van der Waals surface area contributed by atoms with Crippen molar-refractivity contribution in [2.75, 3.05) is 7.11 Å². The van der Waals surface area contributed by atoms with Gasteiger partial charge in [0.15, 0.2) is 5.17 Å². The number of rotatable bonds is 8. The summed E-state index contributed by atoms with van der Waals surface area (Å²) in [7, 11) is 1.62. The molecule has 3 aromatic carbocycles. The molecule has 0 atom stereocenters. The summed E-state index contributed by atoms with van der Waals surface area (Å²) in [5, 5.41) is 9.13. The van der Waals surface area contributed by atoms with Crippen LogP contribution >= 0.6 is 23.4 Å². The number of hydrogen-bond donors (Lipinski definition) is 1. The van der Waals surface area contributed by atoms with Gasteiger partial charge in [-0.2, -0.15) is 5.10 Å². The van der Waals surface area contributed by atoms with Gasteiger partial charge in [0.1, 0.15) is 18.1 Å². The van der Waals surface area contributed by atoms with E-state index in [1.54, 1.807) is 19.4 Å². The van der Waals surface area contributed by atoms with Crippen LogP contribution in [-0.2, 0) is 12.4 Å². The summed E-state index contributed by atoms with van der Waals surface area (Å²) in [5.41, 5.74) is 8.85. The van der Waals surface area contributed by atoms with Gasteiger partial charge in [-0.1, -0.05) is 65.8 Å². The molecule has 0 aliphatic heterocycles. The Morgan fingerprint density at radius 2 is 1.80 bits per heavy atom. The minimum absolute atomic E-state index is 0.312. The van der Waals surface area contributed by atoms with E-state index in [2.05, 4.69) is 10.2 Å². The molecule has 0 saturated heterocycles. The molecule has 0 radical (unpaired) electrons. The minimum atomic E-state index is 0.312. The monoisotopic (exact) mass is 439 g/mol. The summed E-state index contributed by atoms with van der Waals surface area (Å²) in [6.45, 7) is 0.312. The van der Waals surface area contributed by atoms with Crippen LogP contribution < -0.4 is 15.2 Å². The lowest BCUT2D eigenvalue weighted by Crippen LogP contribution is -2.06. The third-order valence-electron chi connectivity index (χ3n) is 4.12. The molecule has 0 aliphatic rings. The average molecular weight is 440 g/mol. The Kier molecular flexibility index (Phi) is 8.18. The smallest absolute Gasteiger partial charge is 0.180 e. The van der Waals surface area contributed by atoms with Gasteiger partial charge in [-0.25, -0.2) is 0 Å². The van der Waals surface area contributed by atoms with E-state index in [1.807, 2.05) is 66.7 Å². The lowest BCUT2D eigenvalue weighted by molar-refractivity contribution is 0.297. The summed E-state index contributed by atoms with van der Waals surface area (Å²) >= 11 is 7.59. The Morgan fingerprint density at radius 1 is 1.03 bits per heavy atom. The Hall–Kier alpha value is -2.96. The standard InChI is InChI=1S/C23H22ClN3O2S/c1-28-21-12-11-18(13-19(21)15-29-22-10-6-5-9-20(22)24)14-26-27-23(25)30-16-17-7-3-2-4-8-17/h2-14H,15-16H2,1H3,(H2,25,27). The number of ether oxygens (including phenoxy) is 2. The van der Waals surface area contributed by atoms with Gasteiger partial charge in [-0.15, -0.1) is 5.10 Å². The summed E-state index contributed by atoms with van der Waals surface area (Å²) in [5.74, 6) is 2.09. The molecule has 2 N–H and O–H groups in total. The molecule has 7 heteroatoms. The number of methoxy groups -OCH3 is 1. The molecular weight excluding hydrogens is 418 g/mol. The van der Waals surface area contributed by atoms with Gasteiger partial charge in [0.25, 0.3) is 0 Å². The molecule has 0 aliphatic carbocycles. The minimum Gasteiger partial charge on any atom is -0.496 e. The molecular formula is C23H22ClN3O2S. The SMILES string of the molecule is COc1ccc(C=NN=C(N)SCc2ccccc2)cc1COc1ccccc1Cl. The van der Waals surface area contributed by atoms with Gasteiger partial charge < -0.3 is 15.2 Å². The Bertz CT molecular complexity index is 1030. The average Bonchev–Trinajstić information content (AvgIpc) is 2.78. The highest BCUT2D eigenvalue weighted by Crippen LogP contribution is 2.26. The molecule has 0 heterocycles. The van der Waals surface area contributed by atoms with Crippen LogP contribution in [0.5, 0.6) is 11.5 Å². The van der Waals surface area contributed by atoms with Gasteiger partial charge in [0.2, 0.25) is 0 Å². The summed E-state index contributed by atoms with van der Waals surface area (Å²) in [6, 6.07) is 23.1. The molecule has 5 nitrogen and oxygen atoms in total. The third kappa shape index (κ3) is 6.54. The van der Waals surface area contributed by atoms with Crippen molar-refractivity contribution in [3.05, 3.63) is 94.5 Å². The van der Waals surface area contributed by atoms with Gasteiger partial charge in [0.05, 0.1) is 18.3 Å². The number of para-hydroxylation sites is 1. The Labute approximate surface area is 185 Å². The molecule has 0 bridgehead atoms. The number of halogens is 1. The second-order valence-electron chi connectivity index (χ2n) is 6.25. The lowest BCUT2D eigenvalue weighted by Gasteiger charge is -2.12. The zero-order valence-corrected chi connectivity index (χ0v) is 18.1.